The summed E-state index contributed by atoms with van der Waals surface area (Å²) in [6.45, 7) is 0. The number of hydrogen-bond acceptors (Lipinski definition) is 1. The first kappa shape index (κ1) is 35.7. The van der Waals surface area contributed by atoms with Gasteiger partial charge in [0.2, 0.25) is 0 Å². The maximum atomic E-state index is 2.36. The van der Waals surface area contributed by atoms with Crippen LogP contribution in [0.15, 0.2) is 249 Å². The van der Waals surface area contributed by atoms with E-state index in [-0.39, 0.29) is 0 Å². The molecular weight excluding hydrogens is 711 g/mol. The average molecular weight is 752 g/mol. The summed E-state index contributed by atoms with van der Waals surface area (Å²) in [6, 6.07) is 89.8. The van der Waals surface area contributed by atoms with Crippen molar-refractivity contribution in [2.24, 2.45) is 0 Å². The maximum Gasteiger partial charge on any atom is 0.0462 e. The molecule has 10 rings (SSSR count). The fourth-order valence-electron chi connectivity index (χ4n) is 8.37. The molecule has 0 aliphatic rings. The summed E-state index contributed by atoms with van der Waals surface area (Å²) in [5.41, 5.74) is 17.7. The molecule has 0 saturated carbocycles. The van der Waals surface area contributed by atoms with Gasteiger partial charge in [0.25, 0.3) is 0 Å². The summed E-state index contributed by atoms with van der Waals surface area (Å²) >= 11 is 0. The van der Waals surface area contributed by atoms with E-state index in [9.17, 15) is 0 Å². The van der Waals surface area contributed by atoms with Crippen molar-refractivity contribution in [1.82, 2.24) is 0 Å². The molecule has 0 aromatic heterocycles. The van der Waals surface area contributed by atoms with E-state index in [1.54, 1.807) is 0 Å². The highest BCUT2D eigenvalue weighted by molar-refractivity contribution is 5.99. The van der Waals surface area contributed by atoms with Crippen molar-refractivity contribution in [2.45, 2.75) is 0 Å². The van der Waals surface area contributed by atoms with Gasteiger partial charge >= 0.3 is 0 Å². The van der Waals surface area contributed by atoms with Gasteiger partial charge in [0.1, 0.15) is 0 Å². The Hall–Kier alpha value is -7.74. The zero-order valence-corrected chi connectivity index (χ0v) is 32.6. The predicted molar refractivity (Wildman–Crippen MR) is 251 cm³/mol. The van der Waals surface area contributed by atoms with Gasteiger partial charge in [-0.2, -0.15) is 0 Å². The minimum Gasteiger partial charge on any atom is -0.311 e. The Morgan fingerprint density at radius 2 is 0.576 bits per heavy atom. The van der Waals surface area contributed by atoms with Crippen molar-refractivity contribution in [3.8, 4) is 66.8 Å². The van der Waals surface area contributed by atoms with Crippen LogP contribution in [0.4, 0.5) is 17.1 Å². The molecule has 0 aliphatic carbocycles. The smallest absolute Gasteiger partial charge is 0.0462 e. The number of fused-ring (bicyclic) bond motifs is 1. The Labute approximate surface area is 346 Å². The summed E-state index contributed by atoms with van der Waals surface area (Å²) in [5.74, 6) is 0. The molecule has 0 atom stereocenters. The van der Waals surface area contributed by atoms with Crippen LogP contribution >= 0.6 is 0 Å². The van der Waals surface area contributed by atoms with E-state index >= 15 is 0 Å². The first-order valence-electron chi connectivity index (χ1n) is 20.3. The number of rotatable bonds is 9. The molecule has 0 saturated heterocycles. The van der Waals surface area contributed by atoms with Crippen LogP contribution in [0.2, 0.25) is 0 Å². The fraction of sp³-hybridized carbons (Fsp3) is 0. The zero-order valence-electron chi connectivity index (χ0n) is 32.6. The molecule has 10 aromatic rings. The van der Waals surface area contributed by atoms with E-state index in [1.165, 1.54) is 72.0 Å². The normalized spacial score (nSPS) is 11.1. The third-order valence-corrected chi connectivity index (χ3v) is 11.3. The fourth-order valence-corrected chi connectivity index (χ4v) is 8.37. The molecule has 0 fully saturated rings. The number of benzene rings is 10. The summed E-state index contributed by atoms with van der Waals surface area (Å²) in [6.07, 6.45) is 0. The molecule has 0 N–H and O–H groups in total. The molecule has 0 radical (unpaired) electrons. The van der Waals surface area contributed by atoms with Gasteiger partial charge in [0.05, 0.1) is 0 Å². The largest absolute Gasteiger partial charge is 0.311 e. The van der Waals surface area contributed by atoms with Gasteiger partial charge < -0.3 is 4.90 Å². The van der Waals surface area contributed by atoms with Gasteiger partial charge in [-0.3, -0.25) is 0 Å². The number of nitrogens with zero attached hydrogens (tertiary/aromatic N) is 1. The van der Waals surface area contributed by atoms with Gasteiger partial charge in [0.15, 0.2) is 0 Å². The van der Waals surface area contributed by atoms with Crippen molar-refractivity contribution in [1.29, 1.82) is 0 Å². The molecule has 0 spiro atoms. The maximum absolute atomic E-state index is 2.36. The van der Waals surface area contributed by atoms with Gasteiger partial charge in [-0.1, -0.05) is 200 Å². The van der Waals surface area contributed by atoms with Gasteiger partial charge in [-0.15, -0.1) is 0 Å². The summed E-state index contributed by atoms with van der Waals surface area (Å²) < 4.78 is 0. The van der Waals surface area contributed by atoms with Crippen LogP contribution in [0.25, 0.3) is 77.5 Å². The van der Waals surface area contributed by atoms with Crippen LogP contribution in [0.1, 0.15) is 0 Å². The van der Waals surface area contributed by atoms with E-state index in [1.807, 2.05) is 0 Å². The van der Waals surface area contributed by atoms with Gasteiger partial charge in [0, 0.05) is 17.1 Å². The Balaban J connectivity index is 1.11. The molecule has 10 aromatic carbocycles. The highest BCUT2D eigenvalue weighted by Gasteiger charge is 2.19. The lowest BCUT2D eigenvalue weighted by molar-refractivity contribution is 1.28. The van der Waals surface area contributed by atoms with Crippen molar-refractivity contribution in [3.05, 3.63) is 249 Å². The Morgan fingerprint density at radius 1 is 0.220 bits per heavy atom. The van der Waals surface area contributed by atoms with Crippen molar-refractivity contribution in [2.75, 3.05) is 4.90 Å². The molecule has 1 nitrogen and oxygen atoms in total. The van der Waals surface area contributed by atoms with Crippen molar-refractivity contribution < 1.29 is 0 Å². The Bertz CT molecular complexity index is 2910. The van der Waals surface area contributed by atoms with Crippen molar-refractivity contribution >= 4 is 27.8 Å². The molecule has 0 aliphatic heterocycles. The topological polar surface area (TPSA) is 3.24 Å². The molecule has 278 valence electrons. The second-order valence-electron chi connectivity index (χ2n) is 14.9. The van der Waals surface area contributed by atoms with Crippen LogP contribution in [0.3, 0.4) is 0 Å². The third kappa shape index (κ3) is 7.23. The monoisotopic (exact) mass is 751 g/mol. The van der Waals surface area contributed by atoms with Crippen LogP contribution in [0, 0.1) is 0 Å². The van der Waals surface area contributed by atoms with E-state index < -0.39 is 0 Å². The molecular formula is C58H41N. The van der Waals surface area contributed by atoms with E-state index in [0.29, 0.717) is 0 Å². The lowest BCUT2D eigenvalue weighted by Crippen LogP contribution is -2.09. The van der Waals surface area contributed by atoms with E-state index in [2.05, 4.69) is 254 Å². The van der Waals surface area contributed by atoms with Crippen molar-refractivity contribution in [3.63, 3.8) is 0 Å². The van der Waals surface area contributed by atoms with E-state index in [4.69, 9.17) is 0 Å². The van der Waals surface area contributed by atoms with Crippen LogP contribution in [0.5, 0.6) is 0 Å². The lowest BCUT2D eigenvalue weighted by atomic mass is 9.84. The van der Waals surface area contributed by atoms with Crippen LogP contribution < -0.4 is 4.90 Å². The predicted octanol–water partition coefficient (Wildman–Crippen LogP) is 16.3. The van der Waals surface area contributed by atoms with Crippen LogP contribution in [-0.2, 0) is 0 Å². The second kappa shape index (κ2) is 16.0. The highest BCUT2D eigenvalue weighted by atomic mass is 15.1. The Kier molecular flexibility index (Phi) is 9.68. The number of anilines is 3. The first-order valence-corrected chi connectivity index (χ1v) is 20.3. The third-order valence-electron chi connectivity index (χ3n) is 11.3. The number of hydrogen-bond donors (Lipinski definition) is 0. The standard InChI is InChI=1S/C58H41N/c1-5-16-42(17-6-1)44-28-34-51(35-29-44)59(52-36-30-48(31-37-52)55-27-15-25-45-24-13-14-26-54(45)55)53-38-32-49(33-39-53)58-56(46-20-9-3-10-21-46)40-50(43-18-7-2-8-19-43)41-57(58)47-22-11-4-12-23-47/h1-41H. The quantitative estimate of drug-likeness (QED) is 0.142. The minimum absolute atomic E-state index is 1.09. The molecule has 0 unspecified atom stereocenters. The van der Waals surface area contributed by atoms with Crippen LogP contribution in [-0.4, -0.2) is 0 Å². The zero-order chi connectivity index (χ0) is 39.4. The second-order valence-corrected chi connectivity index (χ2v) is 14.9. The average Bonchev–Trinajstić information content (AvgIpc) is 3.33. The molecule has 0 bridgehead atoms. The first-order chi connectivity index (χ1) is 29.3. The summed E-state index contributed by atoms with van der Waals surface area (Å²) in [4.78, 5) is 2.36. The lowest BCUT2D eigenvalue weighted by Gasteiger charge is -2.26. The van der Waals surface area contributed by atoms with E-state index in [0.717, 1.165) is 22.6 Å². The highest BCUT2D eigenvalue weighted by Crippen LogP contribution is 2.45. The van der Waals surface area contributed by atoms with Gasteiger partial charge in [-0.05, 0) is 126 Å². The Morgan fingerprint density at radius 3 is 1.08 bits per heavy atom. The summed E-state index contributed by atoms with van der Waals surface area (Å²) in [5, 5.41) is 2.50. The summed E-state index contributed by atoms with van der Waals surface area (Å²) in [7, 11) is 0. The minimum atomic E-state index is 1.09. The SMILES string of the molecule is c1ccc(-c2ccc(N(c3ccc(-c4c(-c5ccccc5)cc(-c5ccccc5)cc4-c4ccccc4)cc3)c3ccc(-c4cccc5ccccc45)cc3)cc2)cc1. The van der Waals surface area contributed by atoms with Gasteiger partial charge in [-0.25, -0.2) is 0 Å². The molecule has 1 heteroatoms. The molecule has 0 heterocycles. The molecule has 59 heavy (non-hydrogen) atoms. The molecule has 0 amide bonds.